The van der Waals surface area contributed by atoms with Crippen molar-refractivity contribution in [2.75, 3.05) is 11.9 Å². The lowest BCUT2D eigenvalue weighted by Gasteiger charge is -2.09. The first-order chi connectivity index (χ1) is 10.1. The molecule has 2 rings (SSSR count). The maximum absolute atomic E-state index is 11.6. The summed E-state index contributed by atoms with van der Waals surface area (Å²) >= 11 is 7.40. The number of nitrogens with one attached hydrogen (secondary N) is 1. The lowest BCUT2D eigenvalue weighted by Crippen LogP contribution is -2.12. The second-order valence-electron chi connectivity index (χ2n) is 4.62. The molecule has 1 aromatic heterocycles. The van der Waals surface area contributed by atoms with Crippen LogP contribution < -0.4 is 10.1 Å². The summed E-state index contributed by atoms with van der Waals surface area (Å²) in [6.45, 7) is 4.36. The fourth-order valence-corrected chi connectivity index (χ4v) is 2.39. The van der Waals surface area contributed by atoms with Crippen molar-refractivity contribution in [1.82, 2.24) is 10.2 Å². The highest BCUT2D eigenvalue weighted by molar-refractivity contribution is 7.13. The number of hydrogen-bond donors (Lipinski definition) is 1. The fraction of sp³-hybridized carbons (Fsp3) is 0.357. The number of anilines is 1. The standard InChI is InChI=1S/C14H16ClN3O2S/c1-9-6-11(7-10(2)13(9)15)20-5-3-4-12(19)17-14-18-16-8-21-14/h6-8H,3-5H2,1-2H3,(H,17,18,19). The van der Waals surface area contributed by atoms with Crippen LogP contribution >= 0.6 is 22.9 Å². The van der Waals surface area contributed by atoms with Crippen LogP contribution in [-0.4, -0.2) is 22.7 Å². The number of aromatic nitrogens is 2. The Morgan fingerprint density at radius 1 is 1.38 bits per heavy atom. The molecule has 0 aliphatic rings. The molecule has 0 atom stereocenters. The summed E-state index contributed by atoms with van der Waals surface area (Å²) in [6.07, 6.45) is 1.01. The molecular weight excluding hydrogens is 310 g/mol. The number of amides is 1. The highest BCUT2D eigenvalue weighted by Crippen LogP contribution is 2.25. The lowest BCUT2D eigenvalue weighted by molar-refractivity contribution is -0.116. The maximum atomic E-state index is 11.6. The molecule has 0 aliphatic heterocycles. The third-order valence-corrected chi connectivity index (χ3v) is 4.04. The number of rotatable bonds is 6. The van der Waals surface area contributed by atoms with Gasteiger partial charge in [0.25, 0.3) is 0 Å². The van der Waals surface area contributed by atoms with E-state index in [0.717, 1.165) is 21.9 Å². The van der Waals surface area contributed by atoms with Crippen LogP contribution in [0.1, 0.15) is 24.0 Å². The minimum atomic E-state index is -0.0844. The van der Waals surface area contributed by atoms with Crippen molar-refractivity contribution in [3.8, 4) is 5.75 Å². The number of nitrogens with zero attached hydrogens (tertiary/aromatic N) is 2. The van der Waals surface area contributed by atoms with Gasteiger partial charge in [-0.3, -0.25) is 4.79 Å². The Hall–Kier alpha value is -1.66. The molecule has 0 saturated carbocycles. The van der Waals surface area contributed by atoms with Gasteiger partial charge in [0.05, 0.1) is 6.61 Å². The molecule has 0 fully saturated rings. The molecule has 1 N–H and O–H groups in total. The summed E-state index contributed by atoms with van der Waals surface area (Å²) in [6, 6.07) is 3.80. The average molecular weight is 326 g/mol. The molecule has 0 aliphatic carbocycles. The molecule has 1 aromatic carbocycles. The van der Waals surface area contributed by atoms with Crippen molar-refractivity contribution in [3.63, 3.8) is 0 Å². The van der Waals surface area contributed by atoms with Crippen LogP contribution in [0.5, 0.6) is 5.75 Å². The van der Waals surface area contributed by atoms with Crippen LogP contribution in [0.4, 0.5) is 5.13 Å². The van der Waals surface area contributed by atoms with E-state index in [-0.39, 0.29) is 5.91 Å². The van der Waals surface area contributed by atoms with Gasteiger partial charge in [0, 0.05) is 11.4 Å². The normalized spacial score (nSPS) is 10.4. The van der Waals surface area contributed by atoms with E-state index >= 15 is 0 Å². The molecule has 0 radical (unpaired) electrons. The first-order valence-corrected chi connectivity index (χ1v) is 7.77. The second-order valence-corrected chi connectivity index (χ2v) is 5.83. The Kier molecular flexibility index (Phi) is 5.52. The summed E-state index contributed by atoms with van der Waals surface area (Å²) in [5.41, 5.74) is 3.55. The summed E-state index contributed by atoms with van der Waals surface area (Å²) in [4.78, 5) is 11.6. The Bertz CT molecular complexity index is 594. The van der Waals surface area contributed by atoms with E-state index in [9.17, 15) is 4.79 Å². The van der Waals surface area contributed by atoms with E-state index in [4.69, 9.17) is 16.3 Å². The Morgan fingerprint density at radius 3 is 2.71 bits per heavy atom. The Labute approximate surface area is 132 Å². The lowest BCUT2D eigenvalue weighted by atomic mass is 10.1. The van der Waals surface area contributed by atoms with E-state index in [1.165, 1.54) is 11.3 Å². The summed E-state index contributed by atoms with van der Waals surface area (Å²) in [7, 11) is 0. The van der Waals surface area contributed by atoms with Crippen molar-refractivity contribution >= 4 is 34.0 Å². The monoisotopic (exact) mass is 325 g/mol. The molecule has 0 unspecified atom stereocenters. The molecule has 2 aromatic rings. The maximum Gasteiger partial charge on any atom is 0.226 e. The van der Waals surface area contributed by atoms with Gasteiger partial charge in [0.2, 0.25) is 11.0 Å². The van der Waals surface area contributed by atoms with Crippen LogP contribution in [0.15, 0.2) is 17.6 Å². The number of ether oxygens (including phenoxy) is 1. The van der Waals surface area contributed by atoms with Gasteiger partial charge in [0.15, 0.2) is 0 Å². The van der Waals surface area contributed by atoms with E-state index < -0.39 is 0 Å². The zero-order valence-electron chi connectivity index (χ0n) is 11.9. The fourth-order valence-electron chi connectivity index (χ4n) is 1.82. The number of carbonyl (C=O) groups is 1. The topological polar surface area (TPSA) is 64.1 Å². The number of carbonyl (C=O) groups excluding carboxylic acids is 1. The van der Waals surface area contributed by atoms with Crippen LogP contribution in [0.2, 0.25) is 5.02 Å². The molecule has 112 valence electrons. The zero-order chi connectivity index (χ0) is 15.2. The summed E-state index contributed by atoms with van der Waals surface area (Å²) < 4.78 is 5.64. The van der Waals surface area contributed by atoms with Gasteiger partial charge in [-0.15, -0.1) is 10.2 Å². The van der Waals surface area contributed by atoms with Gasteiger partial charge in [-0.25, -0.2) is 0 Å². The van der Waals surface area contributed by atoms with E-state index in [1.54, 1.807) is 5.51 Å². The number of aryl methyl sites for hydroxylation is 2. The van der Waals surface area contributed by atoms with Crippen molar-refractivity contribution in [2.24, 2.45) is 0 Å². The molecule has 1 amide bonds. The quantitative estimate of drug-likeness (QED) is 0.824. The predicted octanol–water partition coefficient (Wildman–Crippen LogP) is 3.61. The highest BCUT2D eigenvalue weighted by Gasteiger charge is 2.06. The minimum Gasteiger partial charge on any atom is -0.494 e. The summed E-state index contributed by atoms with van der Waals surface area (Å²) in [5.74, 6) is 0.692. The first kappa shape index (κ1) is 15.7. The van der Waals surface area contributed by atoms with Gasteiger partial charge < -0.3 is 10.1 Å². The molecule has 21 heavy (non-hydrogen) atoms. The van der Waals surface area contributed by atoms with Crippen molar-refractivity contribution in [2.45, 2.75) is 26.7 Å². The molecule has 7 heteroatoms. The van der Waals surface area contributed by atoms with Crippen molar-refractivity contribution < 1.29 is 9.53 Å². The molecule has 0 bridgehead atoms. The smallest absolute Gasteiger partial charge is 0.226 e. The zero-order valence-corrected chi connectivity index (χ0v) is 13.4. The molecule has 1 heterocycles. The van der Waals surface area contributed by atoms with Gasteiger partial charge in [-0.1, -0.05) is 22.9 Å². The average Bonchev–Trinajstić information content (AvgIpc) is 2.93. The summed E-state index contributed by atoms with van der Waals surface area (Å²) in [5, 5.41) is 11.4. The van der Waals surface area contributed by atoms with E-state index in [1.807, 2.05) is 26.0 Å². The third kappa shape index (κ3) is 4.68. The first-order valence-electron chi connectivity index (χ1n) is 6.52. The van der Waals surface area contributed by atoms with Gasteiger partial charge >= 0.3 is 0 Å². The van der Waals surface area contributed by atoms with Gasteiger partial charge in [-0.2, -0.15) is 0 Å². The third-order valence-electron chi connectivity index (χ3n) is 2.83. The van der Waals surface area contributed by atoms with Gasteiger partial charge in [-0.05, 0) is 43.5 Å². The van der Waals surface area contributed by atoms with Crippen LogP contribution in [0.3, 0.4) is 0 Å². The van der Waals surface area contributed by atoms with E-state index in [2.05, 4.69) is 15.5 Å². The molecule has 5 nitrogen and oxygen atoms in total. The van der Waals surface area contributed by atoms with Gasteiger partial charge in [0.1, 0.15) is 11.3 Å². The van der Waals surface area contributed by atoms with Crippen LogP contribution in [0, 0.1) is 13.8 Å². The van der Waals surface area contributed by atoms with Crippen molar-refractivity contribution in [1.29, 1.82) is 0 Å². The Morgan fingerprint density at radius 2 is 2.10 bits per heavy atom. The molecule has 0 saturated heterocycles. The largest absolute Gasteiger partial charge is 0.494 e. The van der Waals surface area contributed by atoms with Crippen molar-refractivity contribution in [3.05, 3.63) is 33.8 Å². The molecule has 0 spiro atoms. The highest BCUT2D eigenvalue weighted by atomic mass is 35.5. The minimum absolute atomic E-state index is 0.0844. The van der Waals surface area contributed by atoms with E-state index in [0.29, 0.717) is 24.6 Å². The SMILES string of the molecule is Cc1cc(OCCCC(=O)Nc2nncs2)cc(C)c1Cl. The predicted molar refractivity (Wildman–Crippen MR) is 84.2 cm³/mol. The number of halogens is 1. The van der Waals surface area contributed by atoms with Crippen LogP contribution in [0.25, 0.3) is 0 Å². The Balaban J connectivity index is 1.73. The molecular formula is C14H16ClN3O2S. The second kappa shape index (κ2) is 7.38. The number of benzene rings is 1. The van der Waals surface area contributed by atoms with Crippen LogP contribution in [-0.2, 0) is 4.79 Å². The number of hydrogen-bond acceptors (Lipinski definition) is 5.